The van der Waals surface area contributed by atoms with E-state index in [1.807, 2.05) is 42.5 Å². The monoisotopic (exact) mass is 369 g/mol. The third-order valence-electron chi connectivity index (χ3n) is 3.70. The fourth-order valence-corrected chi connectivity index (χ4v) is 2.36. The van der Waals surface area contributed by atoms with E-state index in [0.29, 0.717) is 17.9 Å². The van der Waals surface area contributed by atoms with Crippen LogP contribution in [0.25, 0.3) is 0 Å². The van der Waals surface area contributed by atoms with Crippen molar-refractivity contribution in [3.63, 3.8) is 0 Å². The molecule has 0 aliphatic rings. The average molecular weight is 369 g/mol. The Labute approximate surface area is 155 Å². The zero-order chi connectivity index (χ0) is 19.1. The maximum atomic E-state index is 12.3. The Bertz CT molecular complexity index is 866. The number of ether oxygens (including phenoxy) is 2. The summed E-state index contributed by atoms with van der Waals surface area (Å²) in [4.78, 5) is 12.3. The molecule has 0 heterocycles. The summed E-state index contributed by atoms with van der Waals surface area (Å²) in [6.45, 7) is -2.48. The zero-order valence-electron chi connectivity index (χ0n) is 14.3. The Morgan fingerprint density at radius 1 is 0.852 bits per heavy atom. The standard InChI is InChI=1S/C21H17F2NO3/c22-21(23)27-19-12-10-17(11-13-19)24-20(25)16-8-6-15(7-9-16)14-26-18-4-2-1-3-5-18/h1-13,21H,14H2,(H,24,25). The first-order chi connectivity index (χ1) is 13.1. The maximum absolute atomic E-state index is 12.3. The van der Waals surface area contributed by atoms with Crippen LogP contribution in [-0.4, -0.2) is 12.5 Å². The molecule has 4 nitrogen and oxygen atoms in total. The van der Waals surface area contributed by atoms with Gasteiger partial charge in [-0.3, -0.25) is 4.79 Å². The number of hydrogen-bond donors (Lipinski definition) is 1. The van der Waals surface area contributed by atoms with Crippen molar-refractivity contribution >= 4 is 11.6 Å². The molecule has 0 spiro atoms. The van der Waals surface area contributed by atoms with E-state index in [9.17, 15) is 13.6 Å². The molecule has 0 radical (unpaired) electrons. The first-order valence-corrected chi connectivity index (χ1v) is 8.23. The summed E-state index contributed by atoms with van der Waals surface area (Å²) < 4.78 is 34.2. The molecule has 0 saturated carbocycles. The Morgan fingerprint density at radius 2 is 1.52 bits per heavy atom. The van der Waals surface area contributed by atoms with Crippen LogP contribution >= 0.6 is 0 Å². The largest absolute Gasteiger partial charge is 0.489 e. The summed E-state index contributed by atoms with van der Waals surface area (Å²) in [5.74, 6) is 0.511. The van der Waals surface area contributed by atoms with Gasteiger partial charge in [-0.15, -0.1) is 0 Å². The highest BCUT2D eigenvalue weighted by molar-refractivity contribution is 6.04. The van der Waals surface area contributed by atoms with E-state index in [2.05, 4.69) is 10.1 Å². The van der Waals surface area contributed by atoms with Gasteiger partial charge in [0.1, 0.15) is 18.1 Å². The van der Waals surface area contributed by atoms with Gasteiger partial charge in [0.2, 0.25) is 0 Å². The molecule has 3 aromatic carbocycles. The number of carbonyl (C=O) groups excluding carboxylic acids is 1. The third-order valence-corrected chi connectivity index (χ3v) is 3.70. The highest BCUT2D eigenvalue weighted by Gasteiger charge is 2.08. The molecule has 0 atom stereocenters. The molecule has 0 unspecified atom stereocenters. The minimum absolute atomic E-state index is 0.0331. The highest BCUT2D eigenvalue weighted by Crippen LogP contribution is 2.18. The number of amides is 1. The Balaban J connectivity index is 1.55. The lowest BCUT2D eigenvalue weighted by atomic mass is 10.1. The van der Waals surface area contributed by atoms with Gasteiger partial charge < -0.3 is 14.8 Å². The van der Waals surface area contributed by atoms with Crippen molar-refractivity contribution in [2.45, 2.75) is 13.2 Å². The SMILES string of the molecule is O=C(Nc1ccc(OC(F)F)cc1)c1ccc(COc2ccccc2)cc1. The molecule has 0 fully saturated rings. The van der Waals surface area contributed by atoms with Crippen LogP contribution in [0.1, 0.15) is 15.9 Å². The molecule has 1 N–H and O–H groups in total. The van der Waals surface area contributed by atoms with Crippen molar-refractivity contribution in [1.82, 2.24) is 0 Å². The van der Waals surface area contributed by atoms with Gasteiger partial charge in [-0.25, -0.2) is 0 Å². The molecule has 27 heavy (non-hydrogen) atoms. The van der Waals surface area contributed by atoms with Gasteiger partial charge in [-0.1, -0.05) is 30.3 Å². The van der Waals surface area contributed by atoms with E-state index in [-0.39, 0.29) is 11.7 Å². The minimum atomic E-state index is -2.88. The Kier molecular flexibility index (Phi) is 5.99. The maximum Gasteiger partial charge on any atom is 0.387 e. The molecule has 3 aromatic rings. The Hall–Kier alpha value is -3.41. The molecule has 138 valence electrons. The molecule has 0 saturated heterocycles. The van der Waals surface area contributed by atoms with Gasteiger partial charge in [-0.05, 0) is 54.1 Å². The number of halogens is 2. The second-order valence-corrected chi connectivity index (χ2v) is 5.66. The quantitative estimate of drug-likeness (QED) is 0.629. The van der Waals surface area contributed by atoms with Crippen LogP contribution in [0, 0.1) is 0 Å². The van der Waals surface area contributed by atoms with Gasteiger partial charge in [0.25, 0.3) is 5.91 Å². The number of hydrogen-bond acceptors (Lipinski definition) is 3. The van der Waals surface area contributed by atoms with Gasteiger partial charge in [0, 0.05) is 11.3 Å². The zero-order valence-corrected chi connectivity index (χ0v) is 14.3. The number of benzene rings is 3. The first-order valence-electron chi connectivity index (χ1n) is 8.23. The third kappa shape index (κ3) is 5.54. The summed E-state index contributed by atoms with van der Waals surface area (Å²) in [5.41, 5.74) is 1.90. The lowest BCUT2D eigenvalue weighted by Crippen LogP contribution is -2.12. The van der Waals surface area contributed by atoms with Gasteiger partial charge in [-0.2, -0.15) is 8.78 Å². The van der Waals surface area contributed by atoms with Crippen LogP contribution in [-0.2, 0) is 6.61 Å². The fraction of sp³-hybridized carbons (Fsp3) is 0.0952. The second-order valence-electron chi connectivity index (χ2n) is 5.66. The smallest absolute Gasteiger partial charge is 0.387 e. The van der Waals surface area contributed by atoms with Crippen molar-refractivity contribution in [1.29, 1.82) is 0 Å². The lowest BCUT2D eigenvalue weighted by molar-refractivity contribution is -0.0498. The minimum Gasteiger partial charge on any atom is -0.489 e. The summed E-state index contributed by atoms with van der Waals surface area (Å²) >= 11 is 0. The molecule has 0 bridgehead atoms. The molecular weight excluding hydrogens is 352 g/mol. The summed E-state index contributed by atoms with van der Waals surface area (Å²) in [5, 5.41) is 2.70. The van der Waals surface area contributed by atoms with Crippen LogP contribution in [0.3, 0.4) is 0 Å². The number of nitrogens with one attached hydrogen (secondary N) is 1. The number of para-hydroxylation sites is 1. The predicted molar refractivity (Wildman–Crippen MR) is 98.2 cm³/mol. The molecule has 0 aromatic heterocycles. The molecule has 0 aliphatic heterocycles. The number of carbonyl (C=O) groups is 1. The predicted octanol–water partition coefficient (Wildman–Crippen LogP) is 5.12. The van der Waals surface area contributed by atoms with Crippen molar-refractivity contribution < 1.29 is 23.0 Å². The van der Waals surface area contributed by atoms with Crippen molar-refractivity contribution in [2.24, 2.45) is 0 Å². The normalized spacial score (nSPS) is 10.5. The number of alkyl halides is 2. The molecule has 0 aliphatic carbocycles. The molecular formula is C21H17F2NO3. The van der Waals surface area contributed by atoms with Crippen LogP contribution in [0.2, 0.25) is 0 Å². The fourth-order valence-electron chi connectivity index (χ4n) is 2.36. The second kappa shape index (κ2) is 8.80. The van der Waals surface area contributed by atoms with Crippen molar-refractivity contribution in [3.8, 4) is 11.5 Å². The van der Waals surface area contributed by atoms with E-state index in [1.54, 1.807) is 12.1 Å². The summed E-state index contributed by atoms with van der Waals surface area (Å²) in [7, 11) is 0. The molecule has 3 rings (SSSR count). The van der Waals surface area contributed by atoms with E-state index < -0.39 is 6.61 Å². The highest BCUT2D eigenvalue weighted by atomic mass is 19.3. The van der Waals surface area contributed by atoms with Crippen LogP contribution in [0.4, 0.5) is 14.5 Å². The number of anilines is 1. The van der Waals surface area contributed by atoms with Gasteiger partial charge >= 0.3 is 6.61 Å². The Morgan fingerprint density at radius 3 is 2.15 bits per heavy atom. The van der Waals surface area contributed by atoms with Crippen molar-refractivity contribution in [3.05, 3.63) is 90.0 Å². The first kappa shape index (κ1) is 18.4. The van der Waals surface area contributed by atoms with E-state index in [4.69, 9.17) is 4.74 Å². The van der Waals surface area contributed by atoms with E-state index in [1.165, 1.54) is 24.3 Å². The average Bonchev–Trinajstić information content (AvgIpc) is 2.69. The summed E-state index contributed by atoms with van der Waals surface area (Å²) in [6, 6.07) is 22.2. The lowest BCUT2D eigenvalue weighted by Gasteiger charge is -2.09. The van der Waals surface area contributed by atoms with Gasteiger partial charge in [0.05, 0.1) is 0 Å². The van der Waals surface area contributed by atoms with Crippen LogP contribution in [0.5, 0.6) is 11.5 Å². The molecule has 6 heteroatoms. The van der Waals surface area contributed by atoms with Gasteiger partial charge in [0.15, 0.2) is 0 Å². The van der Waals surface area contributed by atoms with E-state index >= 15 is 0 Å². The molecule has 1 amide bonds. The topological polar surface area (TPSA) is 47.6 Å². The number of rotatable bonds is 7. The van der Waals surface area contributed by atoms with Crippen LogP contribution < -0.4 is 14.8 Å². The van der Waals surface area contributed by atoms with Crippen LogP contribution in [0.15, 0.2) is 78.9 Å². The van der Waals surface area contributed by atoms with Crippen molar-refractivity contribution in [2.75, 3.05) is 5.32 Å². The summed E-state index contributed by atoms with van der Waals surface area (Å²) in [6.07, 6.45) is 0. The van der Waals surface area contributed by atoms with E-state index in [0.717, 1.165) is 11.3 Å².